The van der Waals surface area contributed by atoms with E-state index in [1.165, 1.54) is 5.56 Å². The van der Waals surface area contributed by atoms with Crippen LogP contribution in [0.3, 0.4) is 0 Å². The Hall–Kier alpha value is -0.823. The molecule has 2 nitrogen and oxygen atoms in total. The zero-order valence-corrected chi connectivity index (χ0v) is 13.4. The molecule has 0 bridgehead atoms. The van der Waals surface area contributed by atoms with Gasteiger partial charge in [0.15, 0.2) is 6.10 Å². The summed E-state index contributed by atoms with van der Waals surface area (Å²) in [6.07, 6.45) is -0.508. The van der Waals surface area contributed by atoms with Gasteiger partial charge in [-0.3, -0.25) is 0 Å². The van der Waals surface area contributed by atoms with Crippen molar-refractivity contribution in [3.8, 4) is 6.07 Å². The fraction of sp³-hybridized carbons (Fsp3) is 0.500. The van der Waals surface area contributed by atoms with Gasteiger partial charge in [0.1, 0.15) is 0 Å². The standard InChI is InChI=1S/C14H20ClNOSi/c1-10-6-11(2)14(12(3)7-10)13(8-16)17-18(4,5)9-15/h6-7,13H,9H2,1-5H3. The molecule has 0 aromatic heterocycles. The number of aryl methyl sites for hydroxylation is 3. The van der Waals surface area contributed by atoms with Gasteiger partial charge in [-0.05, 0) is 50.6 Å². The van der Waals surface area contributed by atoms with E-state index in [9.17, 15) is 5.26 Å². The van der Waals surface area contributed by atoms with Crippen molar-refractivity contribution in [1.82, 2.24) is 0 Å². The summed E-state index contributed by atoms with van der Waals surface area (Å²) in [4.78, 5) is 0. The molecule has 1 unspecified atom stereocenters. The lowest BCUT2D eigenvalue weighted by Gasteiger charge is -2.26. The van der Waals surface area contributed by atoms with Crippen molar-refractivity contribution in [3.05, 3.63) is 34.4 Å². The number of halogens is 1. The van der Waals surface area contributed by atoms with Crippen molar-refractivity contribution in [2.75, 3.05) is 5.50 Å². The van der Waals surface area contributed by atoms with Crippen LogP contribution in [-0.2, 0) is 4.43 Å². The van der Waals surface area contributed by atoms with Gasteiger partial charge >= 0.3 is 0 Å². The maximum absolute atomic E-state index is 9.36. The third-order valence-electron chi connectivity index (χ3n) is 2.88. The number of alkyl halides is 1. The van der Waals surface area contributed by atoms with E-state index in [1.807, 2.05) is 26.9 Å². The molecular weight excluding hydrogens is 262 g/mol. The van der Waals surface area contributed by atoms with Gasteiger partial charge in [0.05, 0.1) is 6.07 Å². The fourth-order valence-corrected chi connectivity index (χ4v) is 3.17. The highest BCUT2D eigenvalue weighted by Crippen LogP contribution is 2.28. The Balaban J connectivity index is 3.15. The van der Waals surface area contributed by atoms with Crippen LogP contribution in [-0.4, -0.2) is 13.8 Å². The minimum Gasteiger partial charge on any atom is -0.397 e. The lowest BCUT2D eigenvalue weighted by molar-refractivity contribution is 0.252. The number of benzene rings is 1. The van der Waals surface area contributed by atoms with Gasteiger partial charge in [0.2, 0.25) is 8.32 Å². The number of hydrogen-bond donors (Lipinski definition) is 0. The van der Waals surface area contributed by atoms with Crippen LogP contribution in [0, 0.1) is 32.1 Å². The highest BCUT2D eigenvalue weighted by molar-refractivity contribution is 6.77. The summed E-state index contributed by atoms with van der Waals surface area (Å²) in [6, 6.07) is 6.44. The van der Waals surface area contributed by atoms with E-state index in [2.05, 4.69) is 25.1 Å². The summed E-state index contributed by atoms with van der Waals surface area (Å²) in [5.74, 6) is 0. The molecule has 1 atom stereocenters. The van der Waals surface area contributed by atoms with Gasteiger partial charge in [0.25, 0.3) is 0 Å². The molecular formula is C14H20ClNOSi. The third kappa shape index (κ3) is 3.58. The highest BCUT2D eigenvalue weighted by atomic mass is 35.5. The molecule has 98 valence electrons. The molecule has 0 radical (unpaired) electrons. The zero-order chi connectivity index (χ0) is 13.9. The van der Waals surface area contributed by atoms with Crippen LogP contribution in [0.4, 0.5) is 0 Å². The first-order chi connectivity index (χ1) is 8.30. The van der Waals surface area contributed by atoms with Crippen molar-refractivity contribution in [1.29, 1.82) is 5.26 Å². The fourth-order valence-electron chi connectivity index (χ4n) is 2.11. The van der Waals surface area contributed by atoms with E-state index < -0.39 is 14.4 Å². The number of hydrogen-bond acceptors (Lipinski definition) is 2. The molecule has 0 saturated carbocycles. The van der Waals surface area contributed by atoms with E-state index in [-0.39, 0.29) is 0 Å². The van der Waals surface area contributed by atoms with Gasteiger partial charge in [-0.25, -0.2) is 0 Å². The van der Waals surface area contributed by atoms with E-state index in [1.54, 1.807) is 0 Å². The van der Waals surface area contributed by atoms with Crippen molar-refractivity contribution in [3.63, 3.8) is 0 Å². The first-order valence-electron chi connectivity index (χ1n) is 6.02. The summed E-state index contributed by atoms with van der Waals surface area (Å²) in [6.45, 7) is 10.2. The Morgan fingerprint density at radius 3 is 2.17 bits per heavy atom. The summed E-state index contributed by atoms with van der Waals surface area (Å²) in [5, 5.41) is 9.36. The van der Waals surface area contributed by atoms with Crippen LogP contribution in [0.5, 0.6) is 0 Å². The number of nitrogens with zero attached hydrogens (tertiary/aromatic N) is 1. The predicted molar refractivity (Wildman–Crippen MR) is 78.3 cm³/mol. The molecule has 1 aromatic rings. The Morgan fingerprint density at radius 1 is 1.28 bits per heavy atom. The Labute approximate surface area is 116 Å². The molecule has 18 heavy (non-hydrogen) atoms. The first-order valence-corrected chi connectivity index (χ1v) is 9.67. The quantitative estimate of drug-likeness (QED) is 0.613. The van der Waals surface area contributed by atoms with Crippen molar-refractivity contribution in [2.45, 2.75) is 40.0 Å². The molecule has 0 saturated heterocycles. The van der Waals surface area contributed by atoms with Crippen molar-refractivity contribution in [2.24, 2.45) is 0 Å². The number of rotatable bonds is 4. The maximum Gasteiger partial charge on any atom is 0.203 e. The predicted octanol–water partition coefficient (Wildman–Crippen LogP) is 4.18. The smallest absolute Gasteiger partial charge is 0.203 e. The first kappa shape index (κ1) is 15.2. The SMILES string of the molecule is Cc1cc(C)c(C(C#N)O[Si](C)(C)CCl)c(C)c1. The monoisotopic (exact) mass is 281 g/mol. The lowest BCUT2D eigenvalue weighted by atomic mass is 9.96. The molecule has 0 heterocycles. The molecule has 0 aliphatic rings. The van der Waals surface area contributed by atoms with Crippen LogP contribution < -0.4 is 0 Å². The van der Waals surface area contributed by atoms with Crippen molar-refractivity contribution >= 4 is 19.9 Å². The minimum absolute atomic E-state index is 0.495. The highest BCUT2D eigenvalue weighted by Gasteiger charge is 2.28. The van der Waals surface area contributed by atoms with Crippen LogP contribution in [0.25, 0.3) is 0 Å². The molecule has 4 heteroatoms. The minimum atomic E-state index is -1.96. The zero-order valence-electron chi connectivity index (χ0n) is 11.7. The normalized spacial score (nSPS) is 13.2. The molecule has 1 aromatic carbocycles. The molecule has 0 N–H and O–H groups in total. The largest absolute Gasteiger partial charge is 0.397 e. The Kier molecular flexibility index (Phi) is 4.98. The average molecular weight is 282 g/mol. The van der Waals surface area contributed by atoms with Gasteiger partial charge in [-0.15, -0.1) is 11.6 Å². The molecule has 0 amide bonds. The van der Waals surface area contributed by atoms with Gasteiger partial charge in [-0.2, -0.15) is 5.26 Å². The van der Waals surface area contributed by atoms with Gasteiger partial charge < -0.3 is 4.43 Å². The van der Waals surface area contributed by atoms with E-state index in [4.69, 9.17) is 16.0 Å². The second-order valence-electron chi connectivity index (χ2n) is 5.33. The topological polar surface area (TPSA) is 33.0 Å². The van der Waals surface area contributed by atoms with Crippen LogP contribution in [0.1, 0.15) is 28.4 Å². The Bertz CT molecular complexity index is 456. The molecule has 0 aliphatic carbocycles. The van der Waals surface area contributed by atoms with Crippen molar-refractivity contribution < 1.29 is 4.43 Å². The summed E-state index contributed by atoms with van der Waals surface area (Å²) in [5.41, 5.74) is 4.92. The van der Waals surface area contributed by atoms with E-state index in [0.717, 1.165) is 16.7 Å². The van der Waals surface area contributed by atoms with Gasteiger partial charge in [-0.1, -0.05) is 17.7 Å². The lowest BCUT2D eigenvalue weighted by Crippen LogP contribution is -2.35. The van der Waals surface area contributed by atoms with Crippen LogP contribution in [0.15, 0.2) is 12.1 Å². The molecule has 0 fully saturated rings. The van der Waals surface area contributed by atoms with E-state index in [0.29, 0.717) is 5.50 Å². The number of nitriles is 1. The molecule has 1 rings (SSSR count). The maximum atomic E-state index is 9.36. The summed E-state index contributed by atoms with van der Waals surface area (Å²) in [7, 11) is -1.96. The second-order valence-corrected chi connectivity index (χ2v) is 10.2. The summed E-state index contributed by atoms with van der Waals surface area (Å²) >= 11 is 5.91. The average Bonchev–Trinajstić information content (AvgIpc) is 2.26. The van der Waals surface area contributed by atoms with Crippen LogP contribution in [0.2, 0.25) is 13.1 Å². The van der Waals surface area contributed by atoms with Gasteiger partial charge in [0, 0.05) is 5.50 Å². The summed E-state index contributed by atoms with van der Waals surface area (Å²) < 4.78 is 5.97. The molecule has 0 spiro atoms. The Morgan fingerprint density at radius 2 is 1.78 bits per heavy atom. The third-order valence-corrected chi connectivity index (χ3v) is 6.32. The van der Waals surface area contributed by atoms with E-state index >= 15 is 0 Å². The second kappa shape index (κ2) is 5.88. The molecule has 0 aliphatic heterocycles. The van der Waals surface area contributed by atoms with Crippen LogP contribution >= 0.6 is 11.6 Å².